The standard InChI is InChI=1S/C21H24O4.C8H16/c1-3-10-19(25-21(23)18-13-8-5-9-14-18)15-16(2)24-20(22)17-11-6-4-7-12-17;1-4-5-6-7-8(2)3/h4-9,11-14,16,19H,3,10,15H2,1-2H3;4,8H,1,5-7H2,2-3H3. The van der Waals surface area contributed by atoms with Crippen molar-refractivity contribution in [3.05, 3.63) is 84.4 Å². The molecule has 0 saturated heterocycles. The van der Waals surface area contributed by atoms with E-state index in [4.69, 9.17) is 9.47 Å². The van der Waals surface area contributed by atoms with Crippen molar-refractivity contribution < 1.29 is 19.1 Å². The van der Waals surface area contributed by atoms with E-state index in [1.165, 1.54) is 19.3 Å². The van der Waals surface area contributed by atoms with E-state index in [-0.39, 0.29) is 24.1 Å². The van der Waals surface area contributed by atoms with E-state index >= 15 is 0 Å². The monoisotopic (exact) mass is 452 g/mol. The molecule has 2 aromatic carbocycles. The Balaban J connectivity index is 0.000000582. The third kappa shape index (κ3) is 12.7. The van der Waals surface area contributed by atoms with Gasteiger partial charge >= 0.3 is 11.9 Å². The second-order valence-electron chi connectivity index (χ2n) is 8.61. The molecule has 4 nitrogen and oxygen atoms in total. The molecule has 0 fully saturated rings. The van der Waals surface area contributed by atoms with Gasteiger partial charge in [-0.3, -0.25) is 0 Å². The molecule has 0 aliphatic rings. The first-order chi connectivity index (χ1) is 15.9. The quantitative estimate of drug-likeness (QED) is 0.188. The number of hydrogen-bond donors (Lipinski definition) is 0. The van der Waals surface area contributed by atoms with Crippen molar-refractivity contribution in [3.8, 4) is 0 Å². The maximum Gasteiger partial charge on any atom is 0.338 e. The van der Waals surface area contributed by atoms with Crippen LogP contribution in [0.5, 0.6) is 0 Å². The molecule has 0 aromatic heterocycles. The van der Waals surface area contributed by atoms with Crippen LogP contribution in [0.15, 0.2) is 73.3 Å². The van der Waals surface area contributed by atoms with Crippen LogP contribution in [-0.4, -0.2) is 24.1 Å². The van der Waals surface area contributed by atoms with Crippen molar-refractivity contribution in [2.24, 2.45) is 5.92 Å². The number of allylic oxidation sites excluding steroid dienone is 1. The second-order valence-corrected chi connectivity index (χ2v) is 8.61. The number of rotatable bonds is 12. The van der Waals surface area contributed by atoms with E-state index in [0.717, 1.165) is 18.8 Å². The normalized spacial score (nSPS) is 12.2. The molecule has 0 amide bonds. The first kappa shape index (κ1) is 28.2. The minimum absolute atomic E-state index is 0.281. The van der Waals surface area contributed by atoms with Gasteiger partial charge in [0.1, 0.15) is 12.2 Å². The van der Waals surface area contributed by atoms with Gasteiger partial charge in [-0.25, -0.2) is 9.59 Å². The summed E-state index contributed by atoms with van der Waals surface area (Å²) in [5.41, 5.74) is 1.04. The summed E-state index contributed by atoms with van der Waals surface area (Å²) < 4.78 is 11.1. The Hall–Kier alpha value is -2.88. The Morgan fingerprint density at radius 1 is 0.848 bits per heavy atom. The Morgan fingerprint density at radius 2 is 1.36 bits per heavy atom. The van der Waals surface area contributed by atoms with Gasteiger partial charge in [-0.2, -0.15) is 0 Å². The Bertz CT molecular complexity index is 799. The molecule has 2 unspecified atom stereocenters. The Morgan fingerprint density at radius 3 is 1.82 bits per heavy atom. The molecule has 2 aromatic rings. The summed E-state index contributed by atoms with van der Waals surface area (Å²) in [6, 6.07) is 17.8. The van der Waals surface area contributed by atoms with E-state index in [2.05, 4.69) is 20.4 Å². The number of hydrogen-bond acceptors (Lipinski definition) is 4. The molecule has 2 atom stereocenters. The molecule has 0 heterocycles. The van der Waals surface area contributed by atoms with Crippen LogP contribution in [0.2, 0.25) is 0 Å². The van der Waals surface area contributed by atoms with Crippen LogP contribution < -0.4 is 0 Å². The lowest BCUT2D eigenvalue weighted by Crippen LogP contribution is -2.25. The van der Waals surface area contributed by atoms with Crippen LogP contribution in [-0.2, 0) is 9.47 Å². The van der Waals surface area contributed by atoms with Crippen LogP contribution in [0, 0.1) is 5.92 Å². The zero-order valence-electron chi connectivity index (χ0n) is 20.7. The fraction of sp³-hybridized carbons (Fsp3) is 0.448. The molecule has 0 aliphatic carbocycles. The van der Waals surface area contributed by atoms with Crippen LogP contribution in [0.4, 0.5) is 0 Å². The summed E-state index contributed by atoms with van der Waals surface area (Å²) in [5, 5.41) is 0. The zero-order valence-corrected chi connectivity index (χ0v) is 20.7. The van der Waals surface area contributed by atoms with Crippen LogP contribution >= 0.6 is 0 Å². The molecule has 4 heteroatoms. The summed E-state index contributed by atoms with van der Waals surface area (Å²) >= 11 is 0. The number of ether oxygens (including phenoxy) is 2. The predicted molar refractivity (Wildman–Crippen MR) is 135 cm³/mol. The van der Waals surface area contributed by atoms with Crippen molar-refractivity contribution in [1.82, 2.24) is 0 Å². The van der Waals surface area contributed by atoms with E-state index in [0.29, 0.717) is 17.5 Å². The second kappa shape index (κ2) is 16.7. The average molecular weight is 453 g/mol. The van der Waals surface area contributed by atoms with Gasteiger partial charge in [0.15, 0.2) is 0 Å². The van der Waals surface area contributed by atoms with Crippen molar-refractivity contribution in [1.29, 1.82) is 0 Å². The van der Waals surface area contributed by atoms with Crippen molar-refractivity contribution in [2.45, 2.75) is 78.4 Å². The van der Waals surface area contributed by atoms with Crippen LogP contribution in [0.25, 0.3) is 0 Å². The van der Waals surface area contributed by atoms with E-state index in [9.17, 15) is 9.59 Å². The maximum absolute atomic E-state index is 12.2. The van der Waals surface area contributed by atoms with E-state index in [1.807, 2.05) is 32.1 Å². The Kier molecular flexibility index (Phi) is 14.3. The summed E-state index contributed by atoms with van der Waals surface area (Å²) in [6.07, 6.45) is 7.28. The van der Waals surface area contributed by atoms with Gasteiger partial charge in [0.05, 0.1) is 11.1 Å². The highest BCUT2D eigenvalue weighted by molar-refractivity contribution is 5.90. The fourth-order valence-electron chi connectivity index (χ4n) is 3.25. The highest BCUT2D eigenvalue weighted by Gasteiger charge is 2.21. The van der Waals surface area contributed by atoms with Crippen LogP contribution in [0.1, 0.15) is 86.9 Å². The molecular formula is C29H40O4. The fourth-order valence-corrected chi connectivity index (χ4v) is 3.25. The number of carbonyl (C=O) groups excluding carboxylic acids is 2. The smallest absolute Gasteiger partial charge is 0.338 e. The van der Waals surface area contributed by atoms with Gasteiger partial charge in [-0.15, -0.1) is 6.58 Å². The summed E-state index contributed by atoms with van der Waals surface area (Å²) in [7, 11) is 0. The van der Waals surface area contributed by atoms with Gasteiger partial charge in [0.25, 0.3) is 0 Å². The lowest BCUT2D eigenvalue weighted by atomic mass is 10.1. The zero-order chi connectivity index (χ0) is 24.5. The average Bonchev–Trinajstić information content (AvgIpc) is 2.80. The first-order valence-corrected chi connectivity index (χ1v) is 12.0. The maximum atomic E-state index is 12.2. The molecular weight excluding hydrogens is 412 g/mol. The lowest BCUT2D eigenvalue weighted by Gasteiger charge is -2.21. The molecule has 0 N–H and O–H groups in total. The van der Waals surface area contributed by atoms with Crippen LogP contribution in [0.3, 0.4) is 0 Å². The molecule has 0 bridgehead atoms. The highest BCUT2D eigenvalue weighted by atomic mass is 16.6. The van der Waals surface area contributed by atoms with Gasteiger partial charge in [0, 0.05) is 6.42 Å². The summed E-state index contributed by atoms with van der Waals surface area (Å²) in [5.74, 6) is 0.147. The lowest BCUT2D eigenvalue weighted by molar-refractivity contribution is 0.00162. The molecule has 180 valence electrons. The molecule has 2 rings (SSSR count). The third-order valence-electron chi connectivity index (χ3n) is 5.00. The topological polar surface area (TPSA) is 52.6 Å². The number of unbranched alkanes of at least 4 members (excludes halogenated alkanes) is 1. The van der Waals surface area contributed by atoms with Crippen molar-refractivity contribution in [3.63, 3.8) is 0 Å². The minimum atomic E-state index is -0.363. The molecule has 0 saturated carbocycles. The first-order valence-electron chi connectivity index (χ1n) is 12.0. The van der Waals surface area contributed by atoms with Gasteiger partial charge < -0.3 is 9.47 Å². The third-order valence-corrected chi connectivity index (χ3v) is 5.00. The largest absolute Gasteiger partial charge is 0.459 e. The highest BCUT2D eigenvalue weighted by Crippen LogP contribution is 2.16. The molecule has 33 heavy (non-hydrogen) atoms. The number of esters is 2. The molecule has 0 spiro atoms. The van der Waals surface area contributed by atoms with Gasteiger partial charge in [-0.1, -0.05) is 76.1 Å². The molecule has 0 aliphatic heterocycles. The van der Waals surface area contributed by atoms with Gasteiger partial charge in [0.2, 0.25) is 0 Å². The summed E-state index contributed by atoms with van der Waals surface area (Å²) in [4.78, 5) is 24.3. The minimum Gasteiger partial charge on any atom is -0.459 e. The van der Waals surface area contributed by atoms with E-state index in [1.54, 1.807) is 48.5 Å². The Labute approximate surface area is 200 Å². The van der Waals surface area contributed by atoms with Crippen molar-refractivity contribution in [2.75, 3.05) is 0 Å². The number of benzene rings is 2. The summed E-state index contributed by atoms with van der Waals surface area (Å²) in [6.45, 7) is 12.0. The predicted octanol–water partition coefficient (Wildman–Crippen LogP) is 7.65. The SMILES string of the molecule is C=CCCCC(C)C.CCCC(CC(C)OC(=O)c1ccccc1)OC(=O)c1ccccc1. The van der Waals surface area contributed by atoms with E-state index < -0.39 is 0 Å². The number of carbonyl (C=O) groups is 2. The van der Waals surface area contributed by atoms with Crippen molar-refractivity contribution >= 4 is 11.9 Å². The van der Waals surface area contributed by atoms with Gasteiger partial charge in [-0.05, 0) is 56.4 Å². The molecule has 0 radical (unpaired) electrons.